The molecule has 0 aliphatic heterocycles. The first-order chi connectivity index (χ1) is 12.3. The van der Waals surface area contributed by atoms with Gasteiger partial charge in [-0.15, -0.1) is 0 Å². The quantitative estimate of drug-likeness (QED) is 0.831. The third kappa shape index (κ3) is 4.95. The lowest BCUT2D eigenvalue weighted by Gasteiger charge is -2.21. The van der Waals surface area contributed by atoms with Gasteiger partial charge in [0, 0.05) is 29.8 Å². The smallest absolute Gasteiger partial charge is 0.213 e. The van der Waals surface area contributed by atoms with Gasteiger partial charge in [0.15, 0.2) is 0 Å². The molecule has 1 aliphatic rings. The highest BCUT2D eigenvalue weighted by molar-refractivity contribution is 5.62. The summed E-state index contributed by atoms with van der Waals surface area (Å²) < 4.78 is 5.21. The van der Waals surface area contributed by atoms with Crippen LogP contribution in [0.2, 0.25) is 0 Å². The van der Waals surface area contributed by atoms with Crippen molar-refractivity contribution in [3.8, 4) is 22.9 Å². The number of nitrogens with zero attached hydrogens (tertiary/aromatic N) is 1. The topological polar surface area (TPSA) is 54.4 Å². The molecule has 1 fully saturated rings. The zero-order valence-corrected chi connectivity index (χ0v) is 15.0. The van der Waals surface area contributed by atoms with E-state index in [-0.39, 0.29) is 0 Å². The van der Waals surface area contributed by atoms with E-state index in [1.807, 2.05) is 30.3 Å². The Balaban J connectivity index is 1.70. The third-order valence-electron chi connectivity index (χ3n) is 4.99. The Morgan fingerprint density at radius 2 is 1.84 bits per heavy atom. The maximum Gasteiger partial charge on any atom is 0.213 e. The van der Waals surface area contributed by atoms with Crippen LogP contribution in [-0.4, -0.2) is 23.2 Å². The van der Waals surface area contributed by atoms with Crippen molar-refractivity contribution in [2.45, 2.75) is 57.5 Å². The fraction of sp³-hybridized carbons (Fsp3) is 0.476. The molecule has 0 atom stereocenters. The molecule has 1 saturated carbocycles. The maximum absolute atomic E-state index is 10.2. The fourth-order valence-corrected chi connectivity index (χ4v) is 3.49. The minimum Gasteiger partial charge on any atom is -0.508 e. The van der Waals surface area contributed by atoms with Gasteiger partial charge in [0.25, 0.3) is 0 Å². The summed E-state index contributed by atoms with van der Waals surface area (Å²) in [6.07, 6.45) is 9.15. The van der Waals surface area contributed by atoms with Crippen LogP contribution in [0.3, 0.4) is 0 Å². The van der Waals surface area contributed by atoms with Crippen molar-refractivity contribution in [3.05, 3.63) is 42.0 Å². The van der Waals surface area contributed by atoms with Crippen LogP contribution in [0.25, 0.3) is 11.3 Å². The number of hydrogen-bond donors (Lipinski definition) is 2. The van der Waals surface area contributed by atoms with Crippen molar-refractivity contribution >= 4 is 0 Å². The molecule has 0 spiro atoms. The minimum atomic E-state index is 0.338. The van der Waals surface area contributed by atoms with Crippen molar-refractivity contribution in [2.24, 2.45) is 0 Å². The van der Waals surface area contributed by atoms with E-state index in [0.717, 1.165) is 16.8 Å². The Morgan fingerprint density at radius 3 is 2.60 bits per heavy atom. The molecule has 0 radical (unpaired) electrons. The Kier molecular flexibility index (Phi) is 6.29. The molecule has 1 aromatic heterocycles. The van der Waals surface area contributed by atoms with Gasteiger partial charge in [0.1, 0.15) is 5.75 Å². The van der Waals surface area contributed by atoms with E-state index in [9.17, 15) is 5.11 Å². The number of hydrogen-bond acceptors (Lipinski definition) is 4. The highest BCUT2D eigenvalue weighted by atomic mass is 16.5. The molecule has 0 amide bonds. The van der Waals surface area contributed by atoms with Crippen LogP contribution in [0.5, 0.6) is 11.6 Å². The van der Waals surface area contributed by atoms with E-state index in [1.165, 1.54) is 44.9 Å². The summed E-state index contributed by atoms with van der Waals surface area (Å²) in [5, 5.41) is 13.9. The second kappa shape index (κ2) is 8.86. The van der Waals surface area contributed by atoms with Gasteiger partial charge >= 0.3 is 0 Å². The first kappa shape index (κ1) is 17.7. The molecule has 2 aromatic rings. The van der Waals surface area contributed by atoms with E-state index in [1.54, 1.807) is 13.2 Å². The number of nitrogens with one attached hydrogen (secondary N) is 1. The summed E-state index contributed by atoms with van der Waals surface area (Å²) in [4.78, 5) is 4.48. The largest absolute Gasteiger partial charge is 0.508 e. The summed E-state index contributed by atoms with van der Waals surface area (Å²) >= 11 is 0. The predicted octanol–water partition coefficient (Wildman–Crippen LogP) is 4.67. The summed E-state index contributed by atoms with van der Waals surface area (Å²) in [7, 11) is 1.62. The lowest BCUT2D eigenvalue weighted by Crippen LogP contribution is -2.29. The number of methoxy groups -OCH3 is 1. The fourth-order valence-electron chi connectivity index (χ4n) is 3.49. The lowest BCUT2D eigenvalue weighted by molar-refractivity contribution is 0.384. The summed E-state index contributed by atoms with van der Waals surface area (Å²) in [6.45, 7) is 0.689. The van der Waals surface area contributed by atoms with Gasteiger partial charge in [0.2, 0.25) is 5.88 Å². The van der Waals surface area contributed by atoms with Gasteiger partial charge in [-0.25, -0.2) is 4.98 Å². The van der Waals surface area contributed by atoms with Crippen LogP contribution in [0.1, 0.15) is 50.5 Å². The van der Waals surface area contributed by atoms with Crippen LogP contribution < -0.4 is 10.1 Å². The molecule has 1 aromatic carbocycles. The molecule has 2 N–H and O–H groups in total. The van der Waals surface area contributed by atoms with Crippen LogP contribution >= 0.6 is 0 Å². The van der Waals surface area contributed by atoms with E-state index in [2.05, 4.69) is 10.3 Å². The zero-order chi connectivity index (χ0) is 17.5. The van der Waals surface area contributed by atoms with Crippen LogP contribution in [0, 0.1) is 0 Å². The highest BCUT2D eigenvalue weighted by Gasteiger charge is 2.12. The number of rotatable bonds is 5. The third-order valence-corrected chi connectivity index (χ3v) is 4.99. The number of pyridine rings is 1. The molecular weight excluding hydrogens is 312 g/mol. The summed E-state index contributed by atoms with van der Waals surface area (Å²) in [5.74, 6) is 0.935. The number of phenolic OH excluding ortho intramolecular Hbond substituents is 1. The molecule has 4 nitrogen and oxygen atoms in total. The summed E-state index contributed by atoms with van der Waals surface area (Å²) in [5.41, 5.74) is 2.77. The van der Waals surface area contributed by atoms with Gasteiger partial charge in [-0.2, -0.15) is 0 Å². The molecule has 134 valence electrons. The van der Waals surface area contributed by atoms with E-state index in [0.29, 0.717) is 24.2 Å². The van der Waals surface area contributed by atoms with Crippen molar-refractivity contribution in [1.82, 2.24) is 10.3 Å². The number of phenols is 1. The van der Waals surface area contributed by atoms with E-state index in [4.69, 9.17) is 4.74 Å². The van der Waals surface area contributed by atoms with E-state index < -0.39 is 0 Å². The number of aromatic nitrogens is 1. The first-order valence-electron chi connectivity index (χ1n) is 9.33. The van der Waals surface area contributed by atoms with Crippen LogP contribution in [0.15, 0.2) is 36.4 Å². The van der Waals surface area contributed by atoms with E-state index >= 15 is 0 Å². The zero-order valence-electron chi connectivity index (χ0n) is 15.0. The van der Waals surface area contributed by atoms with Crippen LogP contribution in [-0.2, 0) is 6.54 Å². The SMILES string of the molecule is COc1cccc(-c2ccc(O)c(CNC3CCCCCCC3)c2)n1. The molecule has 0 saturated heterocycles. The standard InChI is InChI=1S/C21H28N2O2/c1-25-21-11-7-10-19(23-21)16-12-13-20(24)17(14-16)15-22-18-8-5-3-2-4-6-9-18/h7,10-14,18,22,24H,2-6,8-9,15H2,1H3. The normalized spacial score (nSPS) is 16.2. The Hall–Kier alpha value is -2.07. The van der Waals surface area contributed by atoms with Gasteiger partial charge in [0.05, 0.1) is 12.8 Å². The second-order valence-corrected chi connectivity index (χ2v) is 6.83. The Labute approximate surface area is 150 Å². The molecule has 0 unspecified atom stereocenters. The number of ether oxygens (including phenoxy) is 1. The monoisotopic (exact) mass is 340 g/mol. The van der Waals surface area contributed by atoms with Gasteiger partial charge < -0.3 is 15.2 Å². The van der Waals surface area contributed by atoms with Crippen molar-refractivity contribution in [3.63, 3.8) is 0 Å². The lowest BCUT2D eigenvalue weighted by atomic mass is 9.96. The average Bonchev–Trinajstić information content (AvgIpc) is 2.62. The Morgan fingerprint density at radius 1 is 1.08 bits per heavy atom. The van der Waals surface area contributed by atoms with Crippen molar-refractivity contribution in [2.75, 3.05) is 7.11 Å². The van der Waals surface area contributed by atoms with Crippen molar-refractivity contribution < 1.29 is 9.84 Å². The maximum atomic E-state index is 10.2. The molecule has 1 aliphatic carbocycles. The molecular formula is C21H28N2O2. The number of aromatic hydroxyl groups is 1. The molecule has 0 bridgehead atoms. The van der Waals surface area contributed by atoms with Gasteiger partial charge in [-0.1, -0.05) is 38.2 Å². The minimum absolute atomic E-state index is 0.338. The van der Waals surface area contributed by atoms with Crippen LogP contribution in [0.4, 0.5) is 0 Å². The first-order valence-corrected chi connectivity index (χ1v) is 9.33. The molecule has 3 rings (SSSR count). The number of benzene rings is 1. The molecule has 4 heteroatoms. The molecule has 1 heterocycles. The van der Waals surface area contributed by atoms with Gasteiger partial charge in [-0.3, -0.25) is 0 Å². The van der Waals surface area contributed by atoms with Crippen molar-refractivity contribution in [1.29, 1.82) is 0 Å². The Bertz CT molecular complexity index is 679. The summed E-state index contributed by atoms with van der Waals surface area (Å²) in [6, 6.07) is 12.0. The average molecular weight is 340 g/mol. The molecule has 25 heavy (non-hydrogen) atoms. The second-order valence-electron chi connectivity index (χ2n) is 6.83. The predicted molar refractivity (Wildman–Crippen MR) is 101 cm³/mol. The van der Waals surface area contributed by atoms with Gasteiger partial charge in [-0.05, 0) is 37.1 Å². The highest BCUT2D eigenvalue weighted by Crippen LogP contribution is 2.26.